The summed E-state index contributed by atoms with van der Waals surface area (Å²) in [5, 5.41) is 0. The third-order valence-corrected chi connectivity index (χ3v) is 6.72. The summed E-state index contributed by atoms with van der Waals surface area (Å²) < 4.78 is 27.5. The molecule has 2 aliphatic heterocycles. The Labute approximate surface area is 133 Å². The molecule has 0 aromatic heterocycles. The van der Waals surface area contributed by atoms with E-state index in [1.54, 1.807) is 16.4 Å². The molecule has 22 heavy (non-hydrogen) atoms. The third kappa shape index (κ3) is 2.94. The highest BCUT2D eigenvalue weighted by Crippen LogP contribution is 2.33. The summed E-state index contributed by atoms with van der Waals surface area (Å²) in [5.41, 5.74) is 7.19. The minimum atomic E-state index is -3.44. The summed E-state index contributed by atoms with van der Waals surface area (Å²) in [7, 11) is -3.44. The van der Waals surface area contributed by atoms with Gasteiger partial charge in [0.2, 0.25) is 10.0 Å². The van der Waals surface area contributed by atoms with Gasteiger partial charge in [0.1, 0.15) is 4.90 Å². The van der Waals surface area contributed by atoms with Crippen LogP contribution in [0.3, 0.4) is 0 Å². The molecule has 0 aliphatic carbocycles. The monoisotopic (exact) mass is 323 g/mol. The lowest BCUT2D eigenvalue weighted by Gasteiger charge is -2.34. The maximum absolute atomic E-state index is 13.0. The molecule has 0 spiro atoms. The molecular formula is C16H25N3O2S. The molecule has 6 heteroatoms. The van der Waals surface area contributed by atoms with Gasteiger partial charge in [-0.15, -0.1) is 0 Å². The summed E-state index contributed by atoms with van der Waals surface area (Å²) in [6.07, 6.45) is 4.09. The normalized spacial score (nSPS) is 21.4. The molecular weight excluding hydrogens is 298 g/mol. The van der Waals surface area contributed by atoms with Crippen molar-refractivity contribution < 1.29 is 8.42 Å². The van der Waals surface area contributed by atoms with Crippen molar-refractivity contribution in [3.8, 4) is 0 Å². The number of anilines is 2. The van der Waals surface area contributed by atoms with E-state index in [1.165, 1.54) is 0 Å². The van der Waals surface area contributed by atoms with Crippen molar-refractivity contribution in [1.82, 2.24) is 4.31 Å². The fourth-order valence-electron chi connectivity index (χ4n) is 3.32. The average molecular weight is 323 g/mol. The Hall–Kier alpha value is -1.27. The summed E-state index contributed by atoms with van der Waals surface area (Å²) in [4.78, 5) is 2.58. The van der Waals surface area contributed by atoms with Crippen LogP contribution in [0, 0.1) is 5.92 Å². The lowest BCUT2D eigenvalue weighted by Crippen LogP contribution is -2.35. The van der Waals surface area contributed by atoms with E-state index in [1.807, 2.05) is 6.07 Å². The van der Waals surface area contributed by atoms with Gasteiger partial charge in [-0.2, -0.15) is 4.31 Å². The molecule has 122 valence electrons. The van der Waals surface area contributed by atoms with Crippen LogP contribution in [-0.4, -0.2) is 38.9 Å². The molecule has 2 aliphatic rings. The smallest absolute Gasteiger partial charge is 0.245 e. The lowest BCUT2D eigenvalue weighted by atomic mass is 9.99. The van der Waals surface area contributed by atoms with Gasteiger partial charge in [0.05, 0.1) is 5.69 Å². The number of benzene rings is 1. The molecule has 0 unspecified atom stereocenters. The molecule has 0 radical (unpaired) electrons. The quantitative estimate of drug-likeness (QED) is 0.867. The molecule has 0 amide bonds. The van der Waals surface area contributed by atoms with E-state index in [2.05, 4.69) is 11.8 Å². The van der Waals surface area contributed by atoms with Gasteiger partial charge in [-0.25, -0.2) is 8.42 Å². The zero-order chi connectivity index (χ0) is 15.7. The SMILES string of the molecule is CC1CCN(c2ccc(N)cc2S(=O)(=O)N2CCCC2)CC1. The van der Waals surface area contributed by atoms with Gasteiger partial charge >= 0.3 is 0 Å². The van der Waals surface area contributed by atoms with Crippen LogP contribution in [0.15, 0.2) is 23.1 Å². The van der Waals surface area contributed by atoms with Gasteiger partial charge < -0.3 is 10.6 Å². The molecule has 1 aromatic carbocycles. The van der Waals surface area contributed by atoms with Crippen LogP contribution in [0.5, 0.6) is 0 Å². The third-order valence-electron chi connectivity index (χ3n) is 4.79. The van der Waals surface area contributed by atoms with E-state index >= 15 is 0 Å². The van der Waals surface area contributed by atoms with Crippen LogP contribution in [0.25, 0.3) is 0 Å². The number of piperidine rings is 1. The van der Waals surface area contributed by atoms with Crippen molar-refractivity contribution in [2.24, 2.45) is 5.92 Å². The minimum Gasteiger partial charge on any atom is -0.399 e. The second kappa shape index (κ2) is 6.08. The van der Waals surface area contributed by atoms with Crippen molar-refractivity contribution in [3.05, 3.63) is 18.2 Å². The van der Waals surface area contributed by atoms with E-state index in [0.29, 0.717) is 29.6 Å². The van der Waals surface area contributed by atoms with Crippen LogP contribution in [-0.2, 0) is 10.0 Å². The molecule has 0 atom stereocenters. The van der Waals surface area contributed by atoms with Gasteiger partial charge in [0, 0.05) is 31.9 Å². The Balaban J connectivity index is 1.97. The number of nitrogens with zero attached hydrogens (tertiary/aromatic N) is 2. The van der Waals surface area contributed by atoms with Crippen molar-refractivity contribution in [1.29, 1.82) is 0 Å². The van der Waals surface area contributed by atoms with Crippen LogP contribution < -0.4 is 10.6 Å². The summed E-state index contributed by atoms with van der Waals surface area (Å²) in [6, 6.07) is 5.30. The second-order valence-corrected chi connectivity index (χ2v) is 8.41. The first-order valence-electron chi connectivity index (χ1n) is 8.13. The number of rotatable bonds is 3. The van der Waals surface area contributed by atoms with E-state index < -0.39 is 10.0 Å². The van der Waals surface area contributed by atoms with E-state index in [-0.39, 0.29) is 0 Å². The molecule has 3 rings (SSSR count). The number of hydrogen-bond acceptors (Lipinski definition) is 4. The number of hydrogen-bond donors (Lipinski definition) is 1. The van der Waals surface area contributed by atoms with Crippen LogP contribution in [0.2, 0.25) is 0 Å². The summed E-state index contributed by atoms with van der Waals surface area (Å²) in [5.74, 6) is 0.712. The van der Waals surface area contributed by atoms with Crippen molar-refractivity contribution in [2.45, 2.75) is 37.5 Å². The van der Waals surface area contributed by atoms with Gasteiger partial charge in [0.15, 0.2) is 0 Å². The predicted molar refractivity (Wildman–Crippen MR) is 89.5 cm³/mol. The molecule has 2 heterocycles. The first kappa shape index (κ1) is 15.6. The number of sulfonamides is 1. The first-order valence-corrected chi connectivity index (χ1v) is 9.57. The Morgan fingerprint density at radius 1 is 1.09 bits per heavy atom. The molecule has 1 aromatic rings. The highest BCUT2D eigenvalue weighted by atomic mass is 32.2. The fraction of sp³-hybridized carbons (Fsp3) is 0.625. The minimum absolute atomic E-state index is 0.379. The summed E-state index contributed by atoms with van der Waals surface area (Å²) >= 11 is 0. The van der Waals surface area contributed by atoms with Crippen LogP contribution in [0.1, 0.15) is 32.6 Å². The lowest BCUT2D eigenvalue weighted by molar-refractivity contribution is 0.436. The highest BCUT2D eigenvalue weighted by Gasteiger charge is 2.31. The van der Waals surface area contributed by atoms with Gasteiger partial charge in [-0.05, 0) is 49.8 Å². The van der Waals surface area contributed by atoms with Crippen molar-refractivity contribution in [2.75, 3.05) is 36.8 Å². The molecule has 2 N–H and O–H groups in total. The number of nitrogens with two attached hydrogens (primary N) is 1. The van der Waals surface area contributed by atoms with Crippen LogP contribution in [0.4, 0.5) is 11.4 Å². The molecule has 5 nitrogen and oxygen atoms in total. The predicted octanol–water partition coefficient (Wildman–Crippen LogP) is 2.29. The molecule has 0 saturated carbocycles. The Morgan fingerprint density at radius 2 is 1.73 bits per heavy atom. The molecule has 0 bridgehead atoms. The second-order valence-electron chi connectivity index (χ2n) is 6.51. The van der Waals surface area contributed by atoms with E-state index in [0.717, 1.165) is 44.5 Å². The molecule has 2 fully saturated rings. The fourth-order valence-corrected chi connectivity index (χ4v) is 5.08. The largest absolute Gasteiger partial charge is 0.399 e. The van der Waals surface area contributed by atoms with E-state index in [9.17, 15) is 8.42 Å². The standard InChI is InChI=1S/C16H25N3O2S/c1-13-6-10-18(11-7-13)15-5-4-14(17)12-16(15)22(20,21)19-8-2-3-9-19/h4-5,12-13H,2-3,6-11,17H2,1H3. The zero-order valence-corrected chi connectivity index (χ0v) is 14.0. The molecule has 2 saturated heterocycles. The average Bonchev–Trinajstić information content (AvgIpc) is 3.03. The van der Waals surface area contributed by atoms with Gasteiger partial charge in [-0.3, -0.25) is 0 Å². The Kier molecular flexibility index (Phi) is 4.32. The Bertz CT molecular complexity index is 631. The van der Waals surface area contributed by atoms with Crippen molar-refractivity contribution >= 4 is 21.4 Å². The van der Waals surface area contributed by atoms with Gasteiger partial charge in [-0.1, -0.05) is 6.92 Å². The topological polar surface area (TPSA) is 66.6 Å². The maximum atomic E-state index is 13.0. The highest BCUT2D eigenvalue weighted by molar-refractivity contribution is 7.89. The van der Waals surface area contributed by atoms with Gasteiger partial charge in [0.25, 0.3) is 0 Å². The van der Waals surface area contributed by atoms with E-state index in [4.69, 9.17) is 5.73 Å². The zero-order valence-electron chi connectivity index (χ0n) is 13.2. The summed E-state index contributed by atoms with van der Waals surface area (Å²) in [6.45, 7) is 5.31. The number of nitrogen functional groups attached to an aromatic ring is 1. The first-order chi connectivity index (χ1) is 10.5. The Morgan fingerprint density at radius 3 is 2.36 bits per heavy atom. The van der Waals surface area contributed by atoms with Crippen LogP contribution >= 0.6 is 0 Å². The maximum Gasteiger partial charge on any atom is 0.245 e. The van der Waals surface area contributed by atoms with Crippen molar-refractivity contribution in [3.63, 3.8) is 0 Å².